The molecule has 0 unspecified atom stereocenters. The molecule has 0 spiro atoms. The highest BCUT2D eigenvalue weighted by molar-refractivity contribution is 5.83. The SMILES string of the molecule is CCN(CCn1cccn1)C(=O)[C@@H]1CCC(=O)N(CCCN2CCOCC2)C1. The molecule has 2 aliphatic rings. The van der Waals surface area contributed by atoms with Crippen LogP contribution in [0.4, 0.5) is 0 Å². The van der Waals surface area contributed by atoms with Crippen molar-refractivity contribution in [3.63, 3.8) is 0 Å². The number of hydrogen-bond donors (Lipinski definition) is 0. The monoisotopic (exact) mass is 391 g/mol. The Morgan fingerprint density at radius 2 is 2.11 bits per heavy atom. The molecule has 3 rings (SSSR count). The highest BCUT2D eigenvalue weighted by Crippen LogP contribution is 2.20. The van der Waals surface area contributed by atoms with Crippen LogP contribution in [0.2, 0.25) is 0 Å². The number of carbonyl (C=O) groups is 2. The zero-order valence-electron chi connectivity index (χ0n) is 17.0. The number of likely N-dealkylation sites (N-methyl/N-ethyl adjacent to an activating group) is 1. The van der Waals surface area contributed by atoms with Gasteiger partial charge < -0.3 is 14.5 Å². The van der Waals surface area contributed by atoms with E-state index < -0.39 is 0 Å². The molecule has 0 aliphatic carbocycles. The molecule has 2 aliphatic heterocycles. The summed E-state index contributed by atoms with van der Waals surface area (Å²) in [6, 6.07) is 1.89. The van der Waals surface area contributed by atoms with Crippen molar-refractivity contribution in [3.8, 4) is 0 Å². The molecule has 0 aromatic carbocycles. The fourth-order valence-corrected chi connectivity index (χ4v) is 3.98. The smallest absolute Gasteiger partial charge is 0.227 e. The number of carbonyl (C=O) groups excluding carboxylic acids is 2. The predicted octanol–water partition coefficient (Wildman–Crippen LogP) is 0.693. The molecule has 28 heavy (non-hydrogen) atoms. The summed E-state index contributed by atoms with van der Waals surface area (Å²) in [5.74, 6) is 0.268. The summed E-state index contributed by atoms with van der Waals surface area (Å²) in [6.45, 7) is 9.84. The van der Waals surface area contributed by atoms with Crippen LogP contribution in [-0.4, -0.2) is 95.3 Å². The van der Waals surface area contributed by atoms with Crippen molar-refractivity contribution in [2.75, 3.05) is 59.0 Å². The Hall–Kier alpha value is -1.93. The maximum atomic E-state index is 13.0. The van der Waals surface area contributed by atoms with E-state index in [-0.39, 0.29) is 17.7 Å². The lowest BCUT2D eigenvalue weighted by molar-refractivity contribution is -0.143. The number of piperidine rings is 1. The standard InChI is InChI=1S/C20H33N5O3/c1-2-23(11-12-25-10-3-7-21-25)20(27)18-5-6-19(26)24(17-18)9-4-8-22-13-15-28-16-14-22/h3,7,10,18H,2,4-6,8-9,11-17H2,1H3/t18-/m1/s1. The molecule has 3 heterocycles. The second kappa shape index (κ2) is 10.6. The maximum absolute atomic E-state index is 13.0. The molecule has 2 saturated heterocycles. The van der Waals surface area contributed by atoms with Gasteiger partial charge in [0.1, 0.15) is 0 Å². The molecule has 0 radical (unpaired) electrons. The minimum absolute atomic E-state index is 0.0846. The van der Waals surface area contributed by atoms with E-state index in [1.54, 1.807) is 6.20 Å². The molecule has 0 bridgehead atoms. The summed E-state index contributed by atoms with van der Waals surface area (Å²) >= 11 is 0. The second-order valence-corrected chi connectivity index (χ2v) is 7.57. The Balaban J connectivity index is 1.45. The number of likely N-dealkylation sites (tertiary alicyclic amines) is 1. The molecule has 0 N–H and O–H groups in total. The molecule has 156 valence electrons. The fourth-order valence-electron chi connectivity index (χ4n) is 3.98. The largest absolute Gasteiger partial charge is 0.379 e. The normalized spacial score (nSPS) is 21.1. The van der Waals surface area contributed by atoms with Gasteiger partial charge in [0.05, 0.1) is 25.7 Å². The van der Waals surface area contributed by atoms with E-state index in [0.29, 0.717) is 39.0 Å². The Labute approximate surface area is 167 Å². The summed E-state index contributed by atoms with van der Waals surface area (Å²) in [4.78, 5) is 31.5. The van der Waals surface area contributed by atoms with Crippen LogP contribution in [0.15, 0.2) is 18.5 Å². The minimum Gasteiger partial charge on any atom is -0.379 e. The van der Waals surface area contributed by atoms with E-state index in [4.69, 9.17) is 4.74 Å². The first-order valence-electron chi connectivity index (χ1n) is 10.5. The number of rotatable bonds is 9. The average Bonchev–Trinajstić information content (AvgIpc) is 3.24. The summed E-state index contributed by atoms with van der Waals surface area (Å²) < 4.78 is 7.22. The number of morpholine rings is 1. The molecule has 1 aromatic heterocycles. The first-order chi connectivity index (χ1) is 13.7. The van der Waals surface area contributed by atoms with Crippen LogP contribution in [0.25, 0.3) is 0 Å². The molecule has 0 saturated carbocycles. The number of hydrogen-bond acceptors (Lipinski definition) is 5. The highest BCUT2D eigenvalue weighted by Gasteiger charge is 2.32. The van der Waals surface area contributed by atoms with Gasteiger partial charge in [0.2, 0.25) is 11.8 Å². The lowest BCUT2D eigenvalue weighted by Crippen LogP contribution is -2.48. The van der Waals surface area contributed by atoms with Crippen LogP contribution in [-0.2, 0) is 20.9 Å². The average molecular weight is 392 g/mol. The maximum Gasteiger partial charge on any atom is 0.227 e. The van der Waals surface area contributed by atoms with Gasteiger partial charge >= 0.3 is 0 Å². The summed E-state index contributed by atoms with van der Waals surface area (Å²) in [5.41, 5.74) is 0. The van der Waals surface area contributed by atoms with Crippen molar-refractivity contribution >= 4 is 11.8 Å². The van der Waals surface area contributed by atoms with E-state index in [0.717, 1.165) is 45.8 Å². The molecule has 2 fully saturated rings. The van der Waals surface area contributed by atoms with E-state index in [2.05, 4.69) is 10.00 Å². The third-order valence-corrected chi connectivity index (χ3v) is 5.71. The Kier molecular flexibility index (Phi) is 7.85. The quantitative estimate of drug-likeness (QED) is 0.620. The van der Waals surface area contributed by atoms with Crippen molar-refractivity contribution in [1.82, 2.24) is 24.5 Å². The van der Waals surface area contributed by atoms with Crippen LogP contribution in [0.1, 0.15) is 26.2 Å². The van der Waals surface area contributed by atoms with Gasteiger partial charge in [0.15, 0.2) is 0 Å². The zero-order valence-corrected chi connectivity index (χ0v) is 17.0. The molecular formula is C20H33N5O3. The minimum atomic E-state index is -0.0846. The molecule has 8 heteroatoms. The Morgan fingerprint density at radius 3 is 2.82 bits per heavy atom. The second-order valence-electron chi connectivity index (χ2n) is 7.57. The third kappa shape index (κ3) is 5.78. The van der Waals surface area contributed by atoms with Crippen LogP contribution in [0.3, 0.4) is 0 Å². The van der Waals surface area contributed by atoms with Gasteiger partial charge in [-0.3, -0.25) is 19.2 Å². The van der Waals surface area contributed by atoms with Gasteiger partial charge in [-0.15, -0.1) is 0 Å². The van der Waals surface area contributed by atoms with Crippen molar-refractivity contribution in [2.45, 2.75) is 32.7 Å². The van der Waals surface area contributed by atoms with E-state index in [1.807, 2.05) is 33.7 Å². The molecule has 1 aromatic rings. The molecule has 1 atom stereocenters. The topological polar surface area (TPSA) is 70.9 Å². The van der Waals surface area contributed by atoms with Gasteiger partial charge in [-0.05, 0) is 25.8 Å². The highest BCUT2D eigenvalue weighted by atomic mass is 16.5. The fraction of sp³-hybridized carbons (Fsp3) is 0.750. The summed E-state index contributed by atoms with van der Waals surface area (Å²) in [5, 5.41) is 4.20. The predicted molar refractivity (Wildman–Crippen MR) is 106 cm³/mol. The Bertz CT molecular complexity index is 615. The van der Waals surface area contributed by atoms with Crippen molar-refractivity contribution in [1.29, 1.82) is 0 Å². The summed E-state index contributed by atoms with van der Waals surface area (Å²) in [7, 11) is 0. The van der Waals surface area contributed by atoms with Crippen LogP contribution in [0, 0.1) is 5.92 Å². The third-order valence-electron chi connectivity index (χ3n) is 5.71. The first kappa shape index (κ1) is 20.8. The summed E-state index contributed by atoms with van der Waals surface area (Å²) in [6.07, 6.45) is 5.75. The number of amides is 2. The van der Waals surface area contributed by atoms with Crippen molar-refractivity contribution in [2.24, 2.45) is 5.92 Å². The molecule has 2 amide bonds. The number of ether oxygens (including phenoxy) is 1. The van der Waals surface area contributed by atoms with Crippen LogP contribution < -0.4 is 0 Å². The van der Waals surface area contributed by atoms with Gasteiger partial charge in [-0.2, -0.15) is 5.10 Å². The van der Waals surface area contributed by atoms with Crippen molar-refractivity contribution < 1.29 is 14.3 Å². The van der Waals surface area contributed by atoms with E-state index >= 15 is 0 Å². The lowest BCUT2D eigenvalue weighted by atomic mass is 9.95. The Morgan fingerprint density at radius 1 is 1.29 bits per heavy atom. The van der Waals surface area contributed by atoms with Crippen LogP contribution >= 0.6 is 0 Å². The number of nitrogens with zero attached hydrogens (tertiary/aromatic N) is 5. The van der Waals surface area contributed by atoms with Crippen molar-refractivity contribution in [3.05, 3.63) is 18.5 Å². The van der Waals surface area contributed by atoms with E-state index in [1.165, 1.54) is 0 Å². The molecule has 8 nitrogen and oxygen atoms in total. The number of aromatic nitrogens is 2. The van der Waals surface area contributed by atoms with E-state index in [9.17, 15) is 9.59 Å². The molecular weight excluding hydrogens is 358 g/mol. The van der Waals surface area contributed by atoms with Gasteiger partial charge in [0, 0.05) is 64.6 Å². The lowest BCUT2D eigenvalue weighted by Gasteiger charge is -2.35. The zero-order chi connectivity index (χ0) is 19.8. The van der Waals surface area contributed by atoms with Crippen LogP contribution in [0.5, 0.6) is 0 Å². The van der Waals surface area contributed by atoms with Gasteiger partial charge in [0.25, 0.3) is 0 Å². The van der Waals surface area contributed by atoms with Gasteiger partial charge in [-0.25, -0.2) is 0 Å². The van der Waals surface area contributed by atoms with Gasteiger partial charge in [-0.1, -0.05) is 0 Å². The first-order valence-corrected chi connectivity index (χ1v) is 10.5.